The molecule has 2 N–H and O–H groups in total. The molecule has 1 unspecified atom stereocenters. The van der Waals surface area contributed by atoms with E-state index in [4.69, 9.17) is 4.74 Å². The van der Waals surface area contributed by atoms with Crippen molar-refractivity contribution in [2.24, 2.45) is 12.0 Å². The summed E-state index contributed by atoms with van der Waals surface area (Å²) in [7, 11) is 1.96. The van der Waals surface area contributed by atoms with Crippen molar-refractivity contribution in [2.45, 2.75) is 38.8 Å². The van der Waals surface area contributed by atoms with Crippen LogP contribution in [-0.2, 0) is 24.8 Å². The minimum atomic E-state index is 0. The zero-order chi connectivity index (χ0) is 18.2. The first-order valence-electron chi connectivity index (χ1n) is 9.25. The first-order valence-corrected chi connectivity index (χ1v) is 9.25. The van der Waals surface area contributed by atoms with Gasteiger partial charge in [0.15, 0.2) is 11.8 Å². The van der Waals surface area contributed by atoms with Crippen LogP contribution in [0.1, 0.15) is 30.1 Å². The van der Waals surface area contributed by atoms with Gasteiger partial charge in [0.05, 0.1) is 6.10 Å². The van der Waals surface area contributed by atoms with E-state index < -0.39 is 0 Å². The van der Waals surface area contributed by atoms with E-state index in [0.29, 0.717) is 6.54 Å². The SMILES string of the molecule is Cc1nnc(CN=C(NCCc2ccccc2)NCC2CCCO2)n1C.I. The lowest BCUT2D eigenvalue weighted by atomic mass is 10.1. The van der Waals surface area contributed by atoms with Crippen molar-refractivity contribution < 1.29 is 4.74 Å². The summed E-state index contributed by atoms with van der Waals surface area (Å²) in [5.41, 5.74) is 1.31. The number of aryl methyl sites for hydroxylation is 1. The van der Waals surface area contributed by atoms with Gasteiger partial charge in [0.25, 0.3) is 0 Å². The van der Waals surface area contributed by atoms with E-state index in [9.17, 15) is 0 Å². The molecule has 0 radical (unpaired) electrons. The van der Waals surface area contributed by atoms with Gasteiger partial charge in [0.1, 0.15) is 12.4 Å². The summed E-state index contributed by atoms with van der Waals surface area (Å²) in [6.45, 7) is 4.88. The highest BCUT2D eigenvalue weighted by Gasteiger charge is 2.15. The number of rotatable bonds is 7. The molecule has 3 rings (SSSR count). The molecule has 2 heterocycles. The number of hydrogen-bond acceptors (Lipinski definition) is 4. The van der Waals surface area contributed by atoms with Gasteiger partial charge in [-0.1, -0.05) is 30.3 Å². The molecule has 8 heteroatoms. The third kappa shape index (κ3) is 6.76. The van der Waals surface area contributed by atoms with Gasteiger partial charge in [-0.2, -0.15) is 0 Å². The van der Waals surface area contributed by atoms with Crippen LogP contribution in [0.5, 0.6) is 0 Å². The molecule has 1 atom stereocenters. The number of nitrogens with zero attached hydrogens (tertiary/aromatic N) is 4. The normalized spacial score (nSPS) is 16.8. The van der Waals surface area contributed by atoms with E-state index in [0.717, 1.165) is 56.6 Å². The van der Waals surface area contributed by atoms with Crippen LogP contribution in [0.2, 0.25) is 0 Å². The predicted molar refractivity (Wildman–Crippen MR) is 117 cm³/mol. The molecular formula is C19H29IN6O. The average Bonchev–Trinajstić information content (AvgIpc) is 3.29. The number of aliphatic imine (C=N–C) groups is 1. The first kappa shape index (κ1) is 21.6. The summed E-state index contributed by atoms with van der Waals surface area (Å²) in [6, 6.07) is 10.4. The fraction of sp³-hybridized carbons (Fsp3) is 0.526. The minimum Gasteiger partial charge on any atom is -0.376 e. The van der Waals surface area contributed by atoms with Crippen LogP contribution in [0.4, 0.5) is 0 Å². The summed E-state index contributed by atoms with van der Waals surface area (Å²) in [5.74, 6) is 2.53. The largest absolute Gasteiger partial charge is 0.376 e. The van der Waals surface area contributed by atoms with E-state index in [1.165, 1.54) is 5.56 Å². The maximum atomic E-state index is 5.69. The first-order chi connectivity index (χ1) is 12.7. The highest BCUT2D eigenvalue weighted by molar-refractivity contribution is 14.0. The molecule has 0 saturated carbocycles. The molecule has 1 fully saturated rings. The summed E-state index contributed by atoms with van der Waals surface area (Å²) >= 11 is 0. The van der Waals surface area contributed by atoms with Gasteiger partial charge in [-0.3, -0.25) is 0 Å². The molecule has 27 heavy (non-hydrogen) atoms. The molecule has 2 aromatic rings. The van der Waals surface area contributed by atoms with E-state index in [-0.39, 0.29) is 30.1 Å². The van der Waals surface area contributed by atoms with Crippen molar-refractivity contribution in [2.75, 3.05) is 19.7 Å². The molecule has 148 valence electrons. The highest BCUT2D eigenvalue weighted by atomic mass is 127. The van der Waals surface area contributed by atoms with Crippen LogP contribution in [0.25, 0.3) is 0 Å². The summed E-state index contributed by atoms with van der Waals surface area (Å²) in [4.78, 5) is 4.68. The molecule has 1 aromatic heterocycles. The monoisotopic (exact) mass is 484 g/mol. The Balaban J connectivity index is 0.00000261. The van der Waals surface area contributed by atoms with Gasteiger partial charge in [-0.25, -0.2) is 4.99 Å². The maximum absolute atomic E-state index is 5.69. The fourth-order valence-electron chi connectivity index (χ4n) is 2.90. The van der Waals surface area contributed by atoms with Crippen LogP contribution in [-0.4, -0.2) is 46.5 Å². The van der Waals surface area contributed by atoms with Gasteiger partial charge < -0.3 is 19.9 Å². The van der Waals surface area contributed by atoms with E-state index >= 15 is 0 Å². The molecular weight excluding hydrogens is 455 g/mol. The number of ether oxygens (including phenoxy) is 1. The second kappa shape index (κ2) is 11.2. The van der Waals surface area contributed by atoms with E-state index in [1.807, 2.05) is 24.6 Å². The van der Waals surface area contributed by atoms with Crippen LogP contribution < -0.4 is 10.6 Å². The van der Waals surface area contributed by atoms with Crippen molar-refractivity contribution in [1.29, 1.82) is 0 Å². The lowest BCUT2D eigenvalue weighted by Crippen LogP contribution is -2.42. The number of aromatic nitrogens is 3. The van der Waals surface area contributed by atoms with Gasteiger partial charge in [-0.05, 0) is 31.7 Å². The number of halogens is 1. The molecule has 1 aliphatic heterocycles. The Morgan fingerprint density at radius 3 is 2.74 bits per heavy atom. The number of hydrogen-bond donors (Lipinski definition) is 2. The number of nitrogens with one attached hydrogen (secondary N) is 2. The van der Waals surface area contributed by atoms with E-state index in [2.05, 4.69) is 50.1 Å². The Labute approximate surface area is 178 Å². The molecule has 0 spiro atoms. The maximum Gasteiger partial charge on any atom is 0.191 e. The Morgan fingerprint density at radius 1 is 1.26 bits per heavy atom. The molecule has 0 aliphatic carbocycles. The topological polar surface area (TPSA) is 76.4 Å². The molecule has 1 saturated heterocycles. The standard InChI is InChI=1S/C19H28N6O.HI/c1-15-23-24-18(25(15)2)14-22-19(21-13-17-9-6-12-26-17)20-11-10-16-7-4-3-5-8-16;/h3-5,7-8,17H,6,9-14H2,1-2H3,(H2,20,21,22);1H. The van der Waals surface area contributed by atoms with Crippen molar-refractivity contribution in [3.05, 3.63) is 47.5 Å². The fourth-order valence-corrected chi connectivity index (χ4v) is 2.90. The van der Waals surface area contributed by atoms with Gasteiger partial charge in [-0.15, -0.1) is 34.2 Å². The molecule has 0 amide bonds. The average molecular weight is 484 g/mol. The Bertz CT molecular complexity index is 712. The number of guanidine groups is 1. The van der Waals surface area contributed by atoms with Gasteiger partial charge >= 0.3 is 0 Å². The smallest absolute Gasteiger partial charge is 0.191 e. The zero-order valence-corrected chi connectivity index (χ0v) is 18.3. The van der Waals surface area contributed by atoms with Crippen molar-refractivity contribution >= 4 is 29.9 Å². The lowest BCUT2D eigenvalue weighted by molar-refractivity contribution is 0.114. The third-order valence-electron chi connectivity index (χ3n) is 4.63. The predicted octanol–water partition coefficient (Wildman–Crippen LogP) is 2.20. The highest BCUT2D eigenvalue weighted by Crippen LogP contribution is 2.10. The summed E-state index contributed by atoms with van der Waals surface area (Å²) in [5, 5.41) is 15.1. The molecule has 1 aliphatic rings. The molecule has 0 bridgehead atoms. The molecule has 1 aromatic carbocycles. The third-order valence-corrected chi connectivity index (χ3v) is 4.63. The summed E-state index contributed by atoms with van der Waals surface area (Å²) < 4.78 is 7.65. The minimum absolute atomic E-state index is 0. The second-order valence-electron chi connectivity index (χ2n) is 6.57. The van der Waals surface area contributed by atoms with Crippen molar-refractivity contribution in [1.82, 2.24) is 25.4 Å². The molecule has 7 nitrogen and oxygen atoms in total. The van der Waals surface area contributed by atoms with Crippen LogP contribution in [0.15, 0.2) is 35.3 Å². The quantitative estimate of drug-likeness (QED) is 0.358. The summed E-state index contributed by atoms with van der Waals surface area (Å²) in [6.07, 6.45) is 3.46. The number of benzene rings is 1. The van der Waals surface area contributed by atoms with Gasteiger partial charge in [0.2, 0.25) is 0 Å². The van der Waals surface area contributed by atoms with Crippen LogP contribution >= 0.6 is 24.0 Å². The zero-order valence-electron chi connectivity index (χ0n) is 16.0. The van der Waals surface area contributed by atoms with E-state index in [1.54, 1.807) is 0 Å². The van der Waals surface area contributed by atoms with Gasteiger partial charge in [0, 0.05) is 26.7 Å². The lowest BCUT2D eigenvalue weighted by Gasteiger charge is -2.15. The Hall–Kier alpha value is -1.68. The Morgan fingerprint density at radius 2 is 2.07 bits per heavy atom. The Kier molecular flexibility index (Phi) is 8.99. The van der Waals surface area contributed by atoms with Crippen molar-refractivity contribution in [3.8, 4) is 0 Å². The van der Waals surface area contributed by atoms with Crippen LogP contribution in [0.3, 0.4) is 0 Å². The second-order valence-corrected chi connectivity index (χ2v) is 6.57. The van der Waals surface area contributed by atoms with Crippen LogP contribution in [0, 0.1) is 6.92 Å². The van der Waals surface area contributed by atoms with Crippen molar-refractivity contribution in [3.63, 3.8) is 0 Å².